The second-order valence-corrected chi connectivity index (χ2v) is 6.90. The van der Waals surface area contributed by atoms with Crippen LogP contribution in [0, 0.1) is 5.82 Å². The van der Waals surface area contributed by atoms with Crippen LogP contribution in [0.15, 0.2) is 60.8 Å². The van der Waals surface area contributed by atoms with Crippen LogP contribution >= 0.6 is 0 Å². The molecule has 0 amide bonds. The summed E-state index contributed by atoms with van der Waals surface area (Å²) in [5.74, 6) is 0.0482. The summed E-state index contributed by atoms with van der Waals surface area (Å²) < 4.78 is 13.8. The van der Waals surface area contributed by atoms with Crippen LogP contribution in [0.25, 0.3) is 10.9 Å². The summed E-state index contributed by atoms with van der Waals surface area (Å²) in [7, 11) is 0. The highest BCUT2D eigenvalue weighted by Crippen LogP contribution is 2.31. The van der Waals surface area contributed by atoms with Crippen molar-refractivity contribution in [3.8, 4) is 0 Å². The lowest BCUT2D eigenvalue weighted by Gasteiger charge is -2.22. The molecule has 2 nitrogen and oxygen atoms in total. The van der Waals surface area contributed by atoms with E-state index in [4.69, 9.17) is 0 Å². The number of pyridine rings is 1. The molecule has 3 aromatic rings. The van der Waals surface area contributed by atoms with Crippen molar-refractivity contribution in [3.63, 3.8) is 0 Å². The molecule has 1 atom stereocenters. The van der Waals surface area contributed by atoms with E-state index in [-0.39, 0.29) is 11.7 Å². The van der Waals surface area contributed by atoms with Crippen molar-refractivity contribution in [2.24, 2.45) is 0 Å². The number of rotatable bonds is 5. The van der Waals surface area contributed by atoms with Gasteiger partial charge in [-0.3, -0.25) is 4.98 Å². The molecule has 1 saturated heterocycles. The molecule has 1 aliphatic rings. The molecule has 0 spiro atoms. The normalized spacial score (nSPS) is 16.4. The number of likely N-dealkylation sites (tertiary alicyclic amines) is 1. The number of fused-ring (bicyclic) bond motifs is 1. The Morgan fingerprint density at radius 2 is 1.80 bits per heavy atom. The smallest absolute Gasteiger partial charge is 0.123 e. The third-order valence-electron chi connectivity index (χ3n) is 5.21. The van der Waals surface area contributed by atoms with Crippen LogP contribution in [0.2, 0.25) is 0 Å². The predicted octanol–water partition coefficient (Wildman–Crippen LogP) is 4.99. The lowest BCUT2D eigenvalue weighted by atomic mass is 9.87. The van der Waals surface area contributed by atoms with Crippen LogP contribution < -0.4 is 0 Å². The van der Waals surface area contributed by atoms with E-state index < -0.39 is 0 Å². The van der Waals surface area contributed by atoms with E-state index in [0.29, 0.717) is 0 Å². The Labute approximate surface area is 148 Å². The molecule has 0 bridgehead atoms. The molecule has 0 saturated carbocycles. The van der Waals surface area contributed by atoms with E-state index in [1.54, 1.807) is 6.07 Å². The van der Waals surface area contributed by atoms with Gasteiger partial charge in [-0.2, -0.15) is 0 Å². The third kappa shape index (κ3) is 3.72. The summed E-state index contributed by atoms with van der Waals surface area (Å²) in [5.41, 5.74) is 3.30. The number of hydrogen-bond acceptors (Lipinski definition) is 2. The van der Waals surface area contributed by atoms with Crippen LogP contribution in [0.5, 0.6) is 0 Å². The maximum atomic E-state index is 13.8. The second-order valence-electron chi connectivity index (χ2n) is 6.90. The van der Waals surface area contributed by atoms with Crippen molar-refractivity contribution in [2.45, 2.75) is 25.2 Å². The molecule has 1 aliphatic heterocycles. The van der Waals surface area contributed by atoms with Gasteiger partial charge in [0.15, 0.2) is 0 Å². The Bertz CT molecular complexity index is 855. The predicted molar refractivity (Wildman–Crippen MR) is 100 cm³/mol. The minimum Gasteiger partial charge on any atom is -0.303 e. The number of benzene rings is 2. The first-order chi connectivity index (χ1) is 12.3. The highest BCUT2D eigenvalue weighted by atomic mass is 19.1. The molecular weight excluding hydrogens is 311 g/mol. The number of halogens is 1. The van der Waals surface area contributed by atoms with Crippen molar-refractivity contribution in [3.05, 3.63) is 77.7 Å². The van der Waals surface area contributed by atoms with Crippen molar-refractivity contribution >= 4 is 10.9 Å². The Balaban J connectivity index is 1.67. The van der Waals surface area contributed by atoms with Crippen molar-refractivity contribution in [1.29, 1.82) is 0 Å². The van der Waals surface area contributed by atoms with Gasteiger partial charge in [-0.05, 0) is 80.4 Å². The van der Waals surface area contributed by atoms with Gasteiger partial charge in [-0.25, -0.2) is 4.39 Å². The number of hydrogen-bond donors (Lipinski definition) is 0. The molecule has 1 aromatic heterocycles. The first-order valence-corrected chi connectivity index (χ1v) is 9.12. The van der Waals surface area contributed by atoms with Crippen LogP contribution in [0.1, 0.15) is 36.3 Å². The van der Waals surface area contributed by atoms with Gasteiger partial charge in [-0.1, -0.05) is 24.3 Å². The molecular formula is C22H23FN2. The van der Waals surface area contributed by atoms with Gasteiger partial charge in [0.25, 0.3) is 0 Å². The third-order valence-corrected chi connectivity index (χ3v) is 5.21. The lowest BCUT2D eigenvalue weighted by Crippen LogP contribution is -2.22. The Hall–Kier alpha value is -2.26. The Kier molecular flexibility index (Phi) is 4.75. The van der Waals surface area contributed by atoms with Gasteiger partial charge < -0.3 is 4.90 Å². The summed E-state index contributed by atoms with van der Waals surface area (Å²) in [4.78, 5) is 6.93. The van der Waals surface area contributed by atoms with Gasteiger partial charge in [-0.15, -0.1) is 0 Å². The fourth-order valence-corrected chi connectivity index (χ4v) is 3.88. The van der Waals surface area contributed by atoms with Crippen molar-refractivity contribution in [1.82, 2.24) is 9.88 Å². The van der Waals surface area contributed by atoms with Gasteiger partial charge in [0, 0.05) is 17.5 Å². The maximum Gasteiger partial charge on any atom is 0.123 e. The molecule has 2 heterocycles. The van der Waals surface area contributed by atoms with E-state index in [9.17, 15) is 4.39 Å². The highest BCUT2D eigenvalue weighted by molar-refractivity contribution is 5.79. The minimum absolute atomic E-state index is 0.161. The summed E-state index contributed by atoms with van der Waals surface area (Å²) in [6.07, 6.45) is 5.42. The molecule has 0 N–H and O–H groups in total. The fourth-order valence-electron chi connectivity index (χ4n) is 3.88. The van der Waals surface area contributed by atoms with E-state index in [1.165, 1.54) is 37.6 Å². The minimum atomic E-state index is -0.161. The zero-order valence-corrected chi connectivity index (χ0v) is 14.4. The molecule has 1 unspecified atom stereocenters. The van der Waals surface area contributed by atoms with Gasteiger partial charge in [0.1, 0.15) is 5.82 Å². The summed E-state index contributed by atoms with van der Waals surface area (Å²) in [6, 6.07) is 17.6. The zero-order chi connectivity index (χ0) is 17.1. The highest BCUT2D eigenvalue weighted by Gasteiger charge is 2.19. The average Bonchev–Trinajstić information content (AvgIpc) is 3.15. The standard InChI is InChI=1S/C22H23FN2/c23-20-7-3-5-17(16-20)21(10-14-25-12-1-2-13-25)18-8-9-22-19(15-18)6-4-11-24-22/h3-9,11,15-16,21H,1-2,10,12-14H2. The Morgan fingerprint density at radius 1 is 0.960 bits per heavy atom. The van der Waals surface area contributed by atoms with Gasteiger partial charge in [0.2, 0.25) is 0 Å². The number of aromatic nitrogens is 1. The van der Waals surface area contributed by atoms with E-state index in [0.717, 1.165) is 29.4 Å². The lowest BCUT2D eigenvalue weighted by molar-refractivity contribution is 0.327. The molecule has 3 heteroatoms. The molecule has 25 heavy (non-hydrogen) atoms. The second kappa shape index (κ2) is 7.32. The first-order valence-electron chi connectivity index (χ1n) is 9.12. The summed E-state index contributed by atoms with van der Waals surface area (Å²) in [6.45, 7) is 3.45. The van der Waals surface area contributed by atoms with Crippen molar-refractivity contribution in [2.75, 3.05) is 19.6 Å². The monoisotopic (exact) mass is 334 g/mol. The summed E-state index contributed by atoms with van der Waals surface area (Å²) in [5, 5.41) is 1.14. The summed E-state index contributed by atoms with van der Waals surface area (Å²) >= 11 is 0. The molecule has 4 rings (SSSR count). The first kappa shape index (κ1) is 16.2. The average molecular weight is 334 g/mol. The van der Waals surface area contributed by atoms with Gasteiger partial charge >= 0.3 is 0 Å². The van der Waals surface area contributed by atoms with Crippen LogP contribution in [0.4, 0.5) is 4.39 Å². The van der Waals surface area contributed by atoms with Crippen LogP contribution in [0.3, 0.4) is 0 Å². The van der Waals surface area contributed by atoms with Crippen LogP contribution in [-0.4, -0.2) is 29.5 Å². The quantitative estimate of drug-likeness (QED) is 0.653. The fraction of sp³-hybridized carbons (Fsp3) is 0.318. The molecule has 1 fully saturated rings. The SMILES string of the molecule is Fc1cccc(C(CCN2CCCC2)c2ccc3ncccc3c2)c1. The molecule has 0 aliphatic carbocycles. The van der Waals surface area contributed by atoms with E-state index in [2.05, 4.69) is 34.1 Å². The Morgan fingerprint density at radius 3 is 2.64 bits per heavy atom. The van der Waals surface area contributed by atoms with Crippen molar-refractivity contribution < 1.29 is 4.39 Å². The molecule has 2 aromatic carbocycles. The molecule has 128 valence electrons. The van der Waals surface area contributed by atoms with Gasteiger partial charge in [0.05, 0.1) is 5.52 Å². The topological polar surface area (TPSA) is 16.1 Å². The zero-order valence-electron chi connectivity index (χ0n) is 14.4. The van der Waals surface area contributed by atoms with Crippen LogP contribution in [-0.2, 0) is 0 Å². The maximum absolute atomic E-state index is 13.8. The molecule has 0 radical (unpaired) electrons. The number of nitrogens with zero attached hydrogens (tertiary/aromatic N) is 2. The van der Waals surface area contributed by atoms with E-state index in [1.807, 2.05) is 24.4 Å². The van der Waals surface area contributed by atoms with E-state index >= 15 is 0 Å². The largest absolute Gasteiger partial charge is 0.303 e.